The molecule has 0 spiro atoms. The van der Waals surface area contributed by atoms with Gasteiger partial charge in [-0.25, -0.2) is 0 Å². The van der Waals surface area contributed by atoms with E-state index in [0.29, 0.717) is 29.6 Å². The molecule has 4 rings (SSSR count). The van der Waals surface area contributed by atoms with E-state index in [2.05, 4.69) is 32.6 Å². The van der Waals surface area contributed by atoms with Crippen molar-refractivity contribution in [2.24, 2.45) is 28.6 Å². The average Bonchev–Trinajstić information content (AvgIpc) is 2.85. The monoisotopic (exact) mass is 312 g/mol. The van der Waals surface area contributed by atoms with E-state index in [9.17, 15) is 4.79 Å². The smallest absolute Gasteiger partial charge is 0.156 e. The van der Waals surface area contributed by atoms with Crippen LogP contribution in [0, 0.1) is 28.6 Å². The zero-order valence-electron chi connectivity index (χ0n) is 14.4. The van der Waals surface area contributed by atoms with Crippen LogP contribution in [0.2, 0.25) is 0 Å². The molecule has 2 heteroatoms. The molecule has 4 aliphatic rings. The van der Waals surface area contributed by atoms with Crippen molar-refractivity contribution in [2.45, 2.75) is 58.5 Å². The number of allylic oxidation sites excluding steroid dienone is 4. The van der Waals surface area contributed by atoms with Crippen molar-refractivity contribution >= 4 is 5.78 Å². The largest absolute Gasteiger partial charge is 0.498 e. The molecule has 4 aliphatic carbocycles. The molecule has 0 unspecified atom stereocenters. The van der Waals surface area contributed by atoms with Gasteiger partial charge in [0.25, 0.3) is 0 Å². The summed E-state index contributed by atoms with van der Waals surface area (Å²) in [6.45, 7) is 8.61. The fraction of sp³-hybridized carbons (Fsp3) is 0.667. The highest BCUT2D eigenvalue weighted by Crippen LogP contribution is 2.64. The molecule has 0 N–H and O–H groups in total. The second kappa shape index (κ2) is 5.09. The number of carbonyl (C=O) groups excluding carboxylic acids is 1. The third kappa shape index (κ3) is 2.03. The summed E-state index contributed by atoms with van der Waals surface area (Å²) in [5, 5.41) is 0. The van der Waals surface area contributed by atoms with Gasteiger partial charge in [-0.1, -0.05) is 32.6 Å². The van der Waals surface area contributed by atoms with Gasteiger partial charge in [-0.2, -0.15) is 0 Å². The second-order valence-corrected chi connectivity index (χ2v) is 8.55. The van der Waals surface area contributed by atoms with Gasteiger partial charge in [0.2, 0.25) is 0 Å². The molecular weight excluding hydrogens is 284 g/mol. The first-order valence-electron chi connectivity index (χ1n) is 9.18. The molecule has 0 saturated heterocycles. The molecule has 124 valence electrons. The minimum Gasteiger partial charge on any atom is -0.498 e. The Bertz CT molecular complexity index is 601. The Morgan fingerprint density at radius 2 is 2.04 bits per heavy atom. The van der Waals surface area contributed by atoms with Gasteiger partial charge in [-0.05, 0) is 66.9 Å². The maximum absolute atomic E-state index is 11.8. The molecular formula is C21H28O2. The molecule has 0 aliphatic heterocycles. The third-order valence-corrected chi connectivity index (χ3v) is 7.69. The molecule has 0 heterocycles. The van der Waals surface area contributed by atoms with Gasteiger partial charge in [-0.3, -0.25) is 4.79 Å². The van der Waals surface area contributed by atoms with Crippen LogP contribution in [0.1, 0.15) is 52.4 Å². The standard InChI is InChI=1S/C21H28O2/c1-4-23-19-8-7-17-16-6-5-14-13-15(22)9-11-20(14,2)18(16)10-12-21(17,19)3/h4-6,13,16-19H,1,7-12H2,2-3H3/t16-,17-,18-,19-,20-,21-/m0/s1. The Labute approximate surface area is 139 Å². The summed E-state index contributed by atoms with van der Waals surface area (Å²) in [6, 6.07) is 0. The third-order valence-electron chi connectivity index (χ3n) is 7.69. The Morgan fingerprint density at radius 3 is 2.83 bits per heavy atom. The molecule has 2 nitrogen and oxygen atoms in total. The average molecular weight is 312 g/mol. The fourth-order valence-electron chi connectivity index (χ4n) is 6.29. The minimum atomic E-state index is 0.200. The van der Waals surface area contributed by atoms with Crippen molar-refractivity contribution in [3.8, 4) is 0 Å². The number of hydrogen-bond donors (Lipinski definition) is 0. The lowest BCUT2D eigenvalue weighted by Crippen LogP contribution is -2.49. The van der Waals surface area contributed by atoms with E-state index in [1.165, 1.54) is 24.8 Å². The molecule has 0 bridgehead atoms. The summed E-state index contributed by atoms with van der Waals surface area (Å²) in [5.41, 5.74) is 1.77. The van der Waals surface area contributed by atoms with Gasteiger partial charge in [0.15, 0.2) is 5.78 Å². The molecule has 6 atom stereocenters. The van der Waals surface area contributed by atoms with E-state index in [1.807, 2.05) is 6.08 Å². The maximum atomic E-state index is 11.8. The van der Waals surface area contributed by atoms with Crippen LogP contribution >= 0.6 is 0 Å². The normalized spacial score (nSPS) is 48.1. The number of ether oxygens (including phenoxy) is 1. The molecule has 0 aromatic rings. The Hall–Kier alpha value is -1.31. The van der Waals surface area contributed by atoms with Crippen LogP contribution in [0.25, 0.3) is 0 Å². The van der Waals surface area contributed by atoms with E-state index >= 15 is 0 Å². The Kier molecular flexibility index (Phi) is 3.37. The van der Waals surface area contributed by atoms with Crippen molar-refractivity contribution in [1.82, 2.24) is 0 Å². The van der Waals surface area contributed by atoms with Crippen LogP contribution in [0.5, 0.6) is 0 Å². The highest BCUT2D eigenvalue weighted by molar-refractivity contribution is 5.92. The molecule has 0 amide bonds. The fourth-order valence-corrected chi connectivity index (χ4v) is 6.29. The summed E-state index contributed by atoms with van der Waals surface area (Å²) in [5.74, 6) is 2.34. The second-order valence-electron chi connectivity index (χ2n) is 8.55. The van der Waals surface area contributed by atoms with Crippen LogP contribution in [0.15, 0.2) is 36.6 Å². The first-order chi connectivity index (χ1) is 11.0. The number of hydrogen-bond acceptors (Lipinski definition) is 2. The molecule has 2 saturated carbocycles. The van der Waals surface area contributed by atoms with Crippen LogP contribution in [-0.4, -0.2) is 11.9 Å². The number of rotatable bonds is 2. The highest BCUT2D eigenvalue weighted by Gasteiger charge is 2.58. The van der Waals surface area contributed by atoms with E-state index in [0.717, 1.165) is 19.3 Å². The van der Waals surface area contributed by atoms with E-state index in [1.54, 1.807) is 6.26 Å². The summed E-state index contributed by atoms with van der Waals surface area (Å²) in [6.07, 6.45) is 15.2. The van der Waals surface area contributed by atoms with Crippen molar-refractivity contribution < 1.29 is 9.53 Å². The summed E-state index contributed by atoms with van der Waals surface area (Å²) >= 11 is 0. The van der Waals surface area contributed by atoms with E-state index in [4.69, 9.17) is 4.74 Å². The number of ketones is 1. The van der Waals surface area contributed by atoms with Crippen molar-refractivity contribution in [3.63, 3.8) is 0 Å². The topological polar surface area (TPSA) is 26.3 Å². The van der Waals surface area contributed by atoms with Crippen LogP contribution in [-0.2, 0) is 9.53 Å². The molecule has 0 aromatic carbocycles. The molecule has 23 heavy (non-hydrogen) atoms. The van der Waals surface area contributed by atoms with Gasteiger partial charge in [0.1, 0.15) is 6.10 Å². The number of fused-ring (bicyclic) bond motifs is 5. The maximum Gasteiger partial charge on any atom is 0.156 e. The van der Waals surface area contributed by atoms with Gasteiger partial charge in [0.05, 0.1) is 6.26 Å². The lowest BCUT2D eigenvalue weighted by Gasteiger charge is -2.55. The predicted molar refractivity (Wildman–Crippen MR) is 91.7 cm³/mol. The zero-order valence-corrected chi connectivity index (χ0v) is 14.4. The van der Waals surface area contributed by atoms with E-state index in [-0.39, 0.29) is 10.8 Å². The van der Waals surface area contributed by atoms with Crippen LogP contribution in [0.4, 0.5) is 0 Å². The Balaban J connectivity index is 1.70. The summed E-state index contributed by atoms with van der Waals surface area (Å²) in [7, 11) is 0. The first kappa shape index (κ1) is 15.2. The lowest BCUT2D eigenvalue weighted by atomic mass is 9.49. The van der Waals surface area contributed by atoms with Gasteiger partial charge in [0, 0.05) is 11.8 Å². The zero-order chi connectivity index (χ0) is 16.2. The predicted octanol–water partition coefficient (Wildman–Crippen LogP) is 4.82. The molecule has 0 radical (unpaired) electrons. The van der Waals surface area contributed by atoms with Crippen molar-refractivity contribution in [1.29, 1.82) is 0 Å². The van der Waals surface area contributed by atoms with Crippen LogP contribution < -0.4 is 0 Å². The van der Waals surface area contributed by atoms with Crippen molar-refractivity contribution in [3.05, 3.63) is 36.6 Å². The number of carbonyl (C=O) groups is 1. The molecule has 2 fully saturated rings. The SMILES string of the molecule is C=CO[C@H]1CC[C@H]2[C@@H]3C=CC4=CC(=O)CC[C@]4(C)[C@H]3CC[C@]12C. The van der Waals surface area contributed by atoms with Gasteiger partial charge >= 0.3 is 0 Å². The van der Waals surface area contributed by atoms with Gasteiger partial charge in [-0.15, -0.1) is 0 Å². The summed E-state index contributed by atoms with van der Waals surface area (Å²) < 4.78 is 5.88. The summed E-state index contributed by atoms with van der Waals surface area (Å²) in [4.78, 5) is 11.8. The van der Waals surface area contributed by atoms with Gasteiger partial charge < -0.3 is 4.74 Å². The van der Waals surface area contributed by atoms with Crippen LogP contribution in [0.3, 0.4) is 0 Å². The van der Waals surface area contributed by atoms with E-state index < -0.39 is 0 Å². The quantitative estimate of drug-likeness (QED) is 0.683. The van der Waals surface area contributed by atoms with Crippen molar-refractivity contribution in [2.75, 3.05) is 0 Å². The first-order valence-corrected chi connectivity index (χ1v) is 9.18. The highest BCUT2D eigenvalue weighted by atomic mass is 16.5. The molecule has 0 aromatic heterocycles. The minimum absolute atomic E-state index is 0.200. The lowest BCUT2D eigenvalue weighted by molar-refractivity contribution is -0.116. The Morgan fingerprint density at radius 1 is 1.22 bits per heavy atom.